The van der Waals surface area contributed by atoms with Crippen LogP contribution in [-0.4, -0.2) is 65.3 Å². The number of carbonyl (C=O) groups excluding carboxylic acids is 3. The van der Waals surface area contributed by atoms with Gasteiger partial charge >= 0.3 is 5.97 Å². The molecule has 4 unspecified atom stereocenters. The maximum atomic E-state index is 12.8. The Morgan fingerprint density at radius 3 is 2.16 bits per heavy atom. The third-order valence-corrected chi connectivity index (χ3v) is 5.16. The molecule has 1 aromatic carbocycles. The molecule has 0 radical (unpaired) electrons. The molecule has 1 rings (SSSR count). The van der Waals surface area contributed by atoms with E-state index < -0.39 is 47.9 Å². The van der Waals surface area contributed by atoms with Crippen LogP contribution in [0.1, 0.15) is 31.7 Å². The second-order valence-electron chi connectivity index (χ2n) is 7.45. The van der Waals surface area contributed by atoms with E-state index >= 15 is 0 Å². The van der Waals surface area contributed by atoms with Crippen LogP contribution in [0.3, 0.4) is 0 Å². The Bertz CT molecular complexity index is 764. The fourth-order valence-electron chi connectivity index (χ4n) is 2.85. The molecule has 10 nitrogen and oxygen atoms in total. The third kappa shape index (κ3) is 9.67. The molecule has 0 fully saturated rings. The summed E-state index contributed by atoms with van der Waals surface area (Å²) in [5.41, 5.74) is 11.9. The minimum atomic E-state index is -1.18. The zero-order valence-electron chi connectivity index (χ0n) is 18.1. The van der Waals surface area contributed by atoms with Crippen LogP contribution in [0.25, 0.3) is 0 Å². The Balaban J connectivity index is 2.83. The molecule has 11 heteroatoms. The standard InChI is InChI=1S/C21H33N5O5S/c1-13(24-19(28)15(23)12-32)18(27)25-16(9-5-6-10-22)20(29)26-17(21(30)31)11-14-7-3-2-4-8-14/h2-4,7-8,13,15-17,32H,5-6,9-12,22-23H2,1H3,(H,24,28)(H,25,27)(H,26,29)(H,30,31). The highest BCUT2D eigenvalue weighted by atomic mass is 32.1. The molecule has 0 aliphatic rings. The highest BCUT2D eigenvalue weighted by Crippen LogP contribution is 2.06. The topological polar surface area (TPSA) is 177 Å². The van der Waals surface area contributed by atoms with Crippen molar-refractivity contribution in [2.45, 2.75) is 56.8 Å². The summed E-state index contributed by atoms with van der Waals surface area (Å²) in [6, 6.07) is 4.94. The summed E-state index contributed by atoms with van der Waals surface area (Å²) >= 11 is 3.95. The number of unbranched alkanes of at least 4 members (excludes halogenated alkanes) is 1. The van der Waals surface area contributed by atoms with Gasteiger partial charge in [0.2, 0.25) is 17.7 Å². The van der Waals surface area contributed by atoms with E-state index in [1.165, 1.54) is 6.92 Å². The molecular formula is C21H33N5O5S. The number of thiol groups is 1. The monoisotopic (exact) mass is 467 g/mol. The highest BCUT2D eigenvalue weighted by Gasteiger charge is 2.28. The highest BCUT2D eigenvalue weighted by molar-refractivity contribution is 7.80. The molecule has 0 saturated heterocycles. The summed E-state index contributed by atoms with van der Waals surface area (Å²) in [6.45, 7) is 1.88. The predicted octanol–water partition coefficient (Wildman–Crippen LogP) is -0.826. The van der Waals surface area contributed by atoms with Gasteiger partial charge in [-0.25, -0.2) is 4.79 Å². The van der Waals surface area contributed by atoms with Crippen molar-refractivity contribution in [1.29, 1.82) is 0 Å². The molecule has 178 valence electrons. The van der Waals surface area contributed by atoms with Crippen LogP contribution < -0.4 is 27.4 Å². The maximum Gasteiger partial charge on any atom is 0.326 e. The van der Waals surface area contributed by atoms with Crippen molar-refractivity contribution in [3.63, 3.8) is 0 Å². The lowest BCUT2D eigenvalue weighted by Crippen LogP contribution is -2.56. The molecule has 0 heterocycles. The number of carboxylic acid groups (broad SMARTS) is 1. The molecule has 32 heavy (non-hydrogen) atoms. The number of carbonyl (C=O) groups is 4. The summed E-state index contributed by atoms with van der Waals surface area (Å²) < 4.78 is 0. The van der Waals surface area contributed by atoms with Gasteiger partial charge in [-0.1, -0.05) is 30.3 Å². The Morgan fingerprint density at radius 1 is 0.969 bits per heavy atom. The van der Waals surface area contributed by atoms with Crippen LogP contribution in [0.5, 0.6) is 0 Å². The van der Waals surface area contributed by atoms with Crippen molar-refractivity contribution in [3.8, 4) is 0 Å². The predicted molar refractivity (Wildman–Crippen MR) is 124 cm³/mol. The first-order valence-electron chi connectivity index (χ1n) is 10.4. The van der Waals surface area contributed by atoms with Gasteiger partial charge in [0, 0.05) is 12.2 Å². The van der Waals surface area contributed by atoms with E-state index in [-0.39, 0.29) is 18.6 Å². The van der Waals surface area contributed by atoms with Crippen molar-refractivity contribution in [3.05, 3.63) is 35.9 Å². The van der Waals surface area contributed by atoms with Crippen LogP contribution in [0.2, 0.25) is 0 Å². The molecule has 1 aromatic rings. The second kappa shape index (κ2) is 14.4. The number of nitrogens with one attached hydrogen (secondary N) is 3. The SMILES string of the molecule is CC(NC(=O)C(N)CS)C(=O)NC(CCCCN)C(=O)NC(Cc1ccccc1)C(=O)O. The first-order chi connectivity index (χ1) is 15.2. The molecule has 4 atom stereocenters. The van der Waals surface area contributed by atoms with E-state index in [4.69, 9.17) is 11.5 Å². The Labute approximate surface area is 193 Å². The van der Waals surface area contributed by atoms with Crippen LogP contribution in [0, 0.1) is 0 Å². The van der Waals surface area contributed by atoms with Gasteiger partial charge in [-0.05, 0) is 38.3 Å². The van der Waals surface area contributed by atoms with Gasteiger partial charge in [0.25, 0.3) is 0 Å². The number of hydrogen-bond donors (Lipinski definition) is 7. The molecule has 8 N–H and O–H groups in total. The lowest BCUT2D eigenvalue weighted by molar-refractivity contribution is -0.142. The lowest BCUT2D eigenvalue weighted by Gasteiger charge is -2.24. The molecule has 0 spiro atoms. The molecule has 3 amide bonds. The second-order valence-corrected chi connectivity index (χ2v) is 7.82. The van der Waals surface area contributed by atoms with Crippen LogP contribution in [0.4, 0.5) is 0 Å². The number of benzene rings is 1. The number of carboxylic acids is 1. The van der Waals surface area contributed by atoms with Gasteiger partial charge < -0.3 is 32.5 Å². The molecular weight excluding hydrogens is 434 g/mol. The van der Waals surface area contributed by atoms with E-state index in [1.54, 1.807) is 24.3 Å². The number of rotatable bonds is 14. The van der Waals surface area contributed by atoms with Gasteiger partial charge in [-0.15, -0.1) is 0 Å². The molecule has 0 bridgehead atoms. The fourth-order valence-corrected chi connectivity index (χ4v) is 3.02. The van der Waals surface area contributed by atoms with Crippen molar-refractivity contribution in [1.82, 2.24) is 16.0 Å². The molecule has 0 saturated carbocycles. The Hall–Kier alpha value is -2.63. The van der Waals surface area contributed by atoms with Crippen molar-refractivity contribution >= 4 is 36.3 Å². The van der Waals surface area contributed by atoms with Crippen molar-refractivity contribution in [2.75, 3.05) is 12.3 Å². The van der Waals surface area contributed by atoms with Crippen LogP contribution >= 0.6 is 12.6 Å². The van der Waals surface area contributed by atoms with Gasteiger partial charge in [0.05, 0.1) is 6.04 Å². The average molecular weight is 468 g/mol. The number of amides is 3. The number of aliphatic carboxylic acids is 1. The van der Waals surface area contributed by atoms with Gasteiger partial charge in [-0.3, -0.25) is 14.4 Å². The van der Waals surface area contributed by atoms with Gasteiger partial charge in [0.1, 0.15) is 18.1 Å². The largest absolute Gasteiger partial charge is 0.480 e. The van der Waals surface area contributed by atoms with Crippen LogP contribution in [0.15, 0.2) is 30.3 Å². The molecule has 0 aliphatic heterocycles. The first-order valence-corrected chi connectivity index (χ1v) is 11.1. The Morgan fingerprint density at radius 2 is 1.59 bits per heavy atom. The summed E-state index contributed by atoms with van der Waals surface area (Å²) in [5, 5.41) is 17.1. The van der Waals surface area contributed by atoms with E-state index in [0.29, 0.717) is 19.4 Å². The van der Waals surface area contributed by atoms with E-state index in [2.05, 4.69) is 28.6 Å². The maximum absolute atomic E-state index is 12.8. The molecule has 0 aromatic heterocycles. The lowest BCUT2D eigenvalue weighted by atomic mass is 10.0. The zero-order valence-corrected chi connectivity index (χ0v) is 19.0. The quantitative estimate of drug-likeness (QED) is 0.138. The number of hydrogen-bond acceptors (Lipinski definition) is 7. The van der Waals surface area contributed by atoms with Gasteiger partial charge in [-0.2, -0.15) is 12.6 Å². The summed E-state index contributed by atoms with van der Waals surface area (Å²) in [5.74, 6) is -2.82. The molecule has 0 aliphatic carbocycles. The minimum Gasteiger partial charge on any atom is -0.480 e. The minimum absolute atomic E-state index is 0.0967. The van der Waals surface area contributed by atoms with Crippen molar-refractivity contribution < 1.29 is 24.3 Å². The summed E-state index contributed by atoms with van der Waals surface area (Å²) in [6.07, 6.45) is 1.55. The normalized spacial score (nSPS) is 14.5. The van der Waals surface area contributed by atoms with Gasteiger partial charge in [0.15, 0.2) is 0 Å². The van der Waals surface area contributed by atoms with E-state index in [9.17, 15) is 24.3 Å². The summed E-state index contributed by atoms with van der Waals surface area (Å²) in [4.78, 5) is 49.0. The first kappa shape index (κ1) is 27.4. The van der Waals surface area contributed by atoms with Crippen molar-refractivity contribution in [2.24, 2.45) is 11.5 Å². The fraction of sp³-hybridized carbons (Fsp3) is 0.524. The zero-order chi connectivity index (χ0) is 24.1. The van der Waals surface area contributed by atoms with E-state index in [1.807, 2.05) is 6.07 Å². The average Bonchev–Trinajstić information content (AvgIpc) is 2.77. The summed E-state index contributed by atoms with van der Waals surface area (Å²) in [7, 11) is 0. The third-order valence-electron chi connectivity index (χ3n) is 4.76. The van der Waals surface area contributed by atoms with Crippen LogP contribution in [-0.2, 0) is 25.6 Å². The Kier molecular flexibility index (Phi) is 12.4. The smallest absolute Gasteiger partial charge is 0.326 e. The van der Waals surface area contributed by atoms with E-state index in [0.717, 1.165) is 5.56 Å². The number of nitrogens with two attached hydrogens (primary N) is 2.